The number of hydrogen-bond donors (Lipinski definition) is 2. The van der Waals surface area contributed by atoms with Crippen LogP contribution < -0.4 is 5.73 Å². The van der Waals surface area contributed by atoms with Crippen LogP contribution in [0.1, 0.15) is 24.3 Å². The summed E-state index contributed by atoms with van der Waals surface area (Å²) in [6, 6.07) is 2.89. The Kier molecular flexibility index (Phi) is 3.12. The van der Waals surface area contributed by atoms with Gasteiger partial charge in [0.15, 0.2) is 0 Å². The molecule has 2 heterocycles. The highest BCUT2D eigenvalue weighted by Crippen LogP contribution is 2.44. The number of amides is 1. The lowest BCUT2D eigenvalue weighted by Crippen LogP contribution is -2.34. The molecular weight excluding hydrogens is 287 g/mol. The summed E-state index contributed by atoms with van der Waals surface area (Å²) in [5.41, 5.74) is 6.39. The van der Waals surface area contributed by atoms with E-state index >= 15 is 0 Å². The number of carbonyl (C=O) groups is 1. The van der Waals surface area contributed by atoms with Crippen LogP contribution in [0.25, 0.3) is 0 Å². The molecule has 2 aliphatic heterocycles. The summed E-state index contributed by atoms with van der Waals surface area (Å²) in [6.45, 7) is 0.546. The van der Waals surface area contributed by atoms with Crippen molar-refractivity contribution in [3.8, 4) is 5.75 Å². The van der Waals surface area contributed by atoms with Crippen LogP contribution in [0.5, 0.6) is 5.75 Å². The standard InChI is InChI=1S/C13H14Cl2N2O2/c14-8-1-2-10(18)11(12(8)15)6-3-7-4-9(16)13(19)17(7)5-6/h1-2,6-7,9,18H,3-5,16H2/t6-,7-,9-/m0/s1. The molecular formula is C13H14Cl2N2O2. The van der Waals surface area contributed by atoms with Gasteiger partial charge in [0.05, 0.1) is 16.1 Å². The lowest BCUT2D eigenvalue weighted by Gasteiger charge is -2.17. The molecule has 2 saturated heterocycles. The monoisotopic (exact) mass is 300 g/mol. The Hall–Kier alpha value is -0.970. The molecule has 1 aromatic rings. The molecule has 2 fully saturated rings. The zero-order valence-electron chi connectivity index (χ0n) is 10.1. The molecule has 3 N–H and O–H groups in total. The van der Waals surface area contributed by atoms with E-state index in [4.69, 9.17) is 28.9 Å². The predicted octanol–water partition coefficient (Wildman–Crippen LogP) is 2.11. The van der Waals surface area contributed by atoms with Gasteiger partial charge < -0.3 is 15.7 Å². The van der Waals surface area contributed by atoms with E-state index in [1.54, 1.807) is 17.0 Å². The first-order valence-electron chi connectivity index (χ1n) is 6.22. The van der Waals surface area contributed by atoms with Crippen LogP contribution in [0.2, 0.25) is 10.0 Å². The van der Waals surface area contributed by atoms with Crippen molar-refractivity contribution in [2.24, 2.45) is 5.73 Å². The largest absolute Gasteiger partial charge is 0.508 e. The van der Waals surface area contributed by atoms with E-state index < -0.39 is 0 Å². The lowest BCUT2D eigenvalue weighted by atomic mass is 9.93. The van der Waals surface area contributed by atoms with Gasteiger partial charge in [-0.1, -0.05) is 23.2 Å². The Bertz CT molecular complexity index is 550. The molecule has 3 rings (SSSR count). The maximum absolute atomic E-state index is 11.9. The van der Waals surface area contributed by atoms with Gasteiger partial charge in [0.1, 0.15) is 5.75 Å². The van der Waals surface area contributed by atoms with Crippen molar-refractivity contribution in [1.29, 1.82) is 0 Å². The summed E-state index contributed by atoms with van der Waals surface area (Å²) in [5, 5.41) is 10.8. The number of benzene rings is 1. The molecule has 0 radical (unpaired) electrons. The van der Waals surface area contributed by atoms with Crippen molar-refractivity contribution in [2.75, 3.05) is 6.54 Å². The third-order valence-corrected chi connectivity index (χ3v) is 4.88. The number of rotatable bonds is 1. The third-order valence-electron chi connectivity index (χ3n) is 4.06. The SMILES string of the molecule is N[C@H]1C[C@@H]2C[C@H](c3c(O)ccc(Cl)c3Cl)CN2C1=O. The number of fused-ring (bicyclic) bond motifs is 1. The van der Waals surface area contributed by atoms with Crippen molar-refractivity contribution in [3.63, 3.8) is 0 Å². The van der Waals surface area contributed by atoms with E-state index in [1.165, 1.54) is 0 Å². The minimum absolute atomic E-state index is 0.00913. The molecule has 4 nitrogen and oxygen atoms in total. The molecule has 6 heteroatoms. The number of aromatic hydroxyl groups is 1. The first kappa shape index (κ1) is 13.0. The van der Waals surface area contributed by atoms with Crippen LogP contribution in [0.15, 0.2) is 12.1 Å². The zero-order chi connectivity index (χ0) is 13.7. The molecule has 0 spiro atoms. The Balaban J connectivity index is 1.91. The minimum atomic E-state index is -0.380. The average Bonchev–Trinajstić information content (AvgIpc) is 2.86. The first-order chi connectivity index (χ1) is 8.99. The quantitative estimate of drug-likeness (QED) is 0.835. The predicted molar refractivity (Wildman–Crippen MR) is 73.6 cm³/mol. The van der Waals surface area contributed by atoms with E-state index in [0.29, 0.717) is 28.6 Å². The third kappa shape index (κ3) is 1.98. The van der Waals surface area contributed by atoms with Crippen LogP contribution >= 0.6 is 23.2 Å². The van der Waals surface area contributed by atoms with E-state index in [9.17, 15) is 9.90 Å². The smallest absolute Gasteiger partial charge is 0.239 e. The molecule has 0 unspecified atom stereocenters. The summed E-state index contributed by atoms with van der Waals surface area (Å²) in [4.78, 5) is 13.7. The van der Waals surface area contributed by atoms with Gasteiger partial charge in [0.2, 0.25) is 5.91 Å². The number of nitrogens with two attached hydrogens (primary N) is 1. The Morgan fingerprint density at radius 1 is 1.32 bits per heavy atom. The highest BCUT2D eigenvalue weighted by atomic mass is 35.5. The molecule has 0 aliphatic carbocycles. The van der Waals surface area contributed by atoms with Crippen LogP contribution in [0.3, 0.4) is 0 Å². The zero-order valence-corrected chi connectivity index (χ0v) is 11.7. The van der Waals surface area contributed by atoms with Gasteiger partial charge in [-0.2, -0.15) is 0 Å². The van der Waals surface area contributed by atoms with E-state index in [2.05, 4.69) is 0 Å². The van der Waals surface area contributed by atoms with Crippen molar-refractivity contribution < 1.29 is 9.90 Å². The summed E-state index contributed by atoms with van der Waals surface area (Å²) in [5.74, 6) is 0.148. The van der Waals surface area contributed by atoms with E-state index in [-0.39, 0.29) is 29.7 Å². The second kappa shape index (κ2) is 4.54. The van der Waals surface area contributed by atoms with Crippen LogP contribution in [-0.2, 0) is 4.79 Å². The van der Waals surface area contributed by atoms with Gasteiger partial charge >= 0.3 is 0 Å². The second-order valence-electron chi connectivity index (χ2n) is 5.21. The maximum atomic E-state index is 11.9. The normalized spacial score (nSPS) is 29.9. The van der Waals surface area contributed by atoms with Crippen molar-refractivity contribution in [2.45, 2.75) is 30.8 Å². The van der Waals surface area contributed by atoms with Crippen LogP contribution in [-0.4, -0.2) is 34.5 Å². The van der Waals surface area contributed by atoms with Gasteiger partial charge in [0.25, 0.3) is 0 Å². The maximum Gasteiger partial charge on any atom is 0.239 e. The molecule has 0 bridgehead atoms. The van der Waals surface area contributed by atoms with Crippen molar-refractivity contribution in [3.05, 3.63) is 27.7 Å². The molecule has 0 aromatic heterocycles. The number of carbonyl (C=O) groups excluding carboxylic acids is 1. The van der Waals surface area contributed by atoms with E-state index in [0.717, 1.165) is 6.42 Å². The fourth-order valence-electron chi connectivity index (χ4n) is 3.17. The Morgan fingerprint density at radius 3 is 2.74 bits per heavy atom. The summed E-state index contributed by atoms with van der Waals surface area (Å²) < 4.78 is 0. The van der Waals surface area contributed by atoms with Crippen LogP contribution in [0.4, 0.5) is 0 Å². The fourth-order valence-corrected chi connectivity index (χ4v) is 3.65. The van der Waals surface area contributed by atoms with E-state index in [1.807, 2.05) is 0 Å². The Morgan fingerprint density at radius 2 is 2.05 bits per heavy atom. The fraction of sp³-hybridized carbons (Fsp3) is 0.462. The molecule has 102 valence electrons. The molecule has 1 amide bonds. The minimum Gasteiger partial charge on any atom is -0.508 e. The summed E-state index contributed by atoms with van der Waals surface area (Å²) in [6.07, 6.45) is 1.45. The summed E-state index contributed by atoms with van der Waals surface area (Å²) in [7, 11) is 0. The molecule has 0 saturated carbocycles. The molecule has 1 aromatic carbocycles. The number of halogens is 2. The van der Waals surface area contributed by atoms with Gasteiger partial charge in [-0.3, -0.25) is 4.79 Å². The molecule has 19 heavy (non-hydrogen) atoms. The first-order valence-corrected chi connectivity index (χ1v) is 6.97. The number of nitrogens with zero attached hydrogens (tertiary/aromatic N) is 1. The Labute approximate surface area is 121 Å². The molecule has 3 atom stereocenters. The van der Waals surface area contributed by atoms with Crippen molar-refractivity contribution >= 4 is 29.1 Å². The van der Waals surface area contributed by atoms with Gasteiger partial charge in [-0.25, -0.2) is 0 Å². The van der Waals surface area contributed by atoms with Gasteiger partial charge in [-0.05, 0) is 25.0 Å². The van der Waals surface area contributed by atoms with Gasteiger partial charge in [0, 0.05) is 24.1 Å². The second-order valence-corrected chi connectivity index (χ2v) is 6.00. The average molecular weight is 301 g/mol. The lowest BCUT2D eigenvalue weighted by molar-refractivity contribution is -0.128. The highest BCUT2D eigenvalue weighted by molar-refractivity contribution is 6.42. The highest BCUT2D eigenvalue weighted by Gasteiger charge is 2.45. The molecule has 2 aliphatic rings. The van der Waals surface area contributed by atoms with Gasteiger partial charge in [-0.15, -0.1) is 0 Å². The summed E-state index contributed by atoms with van der Waals surface area (Å²) >= 11 is 12.2. The number of phenols is 1. The van der Waals surface area contributed by atoms with Crippen molar-refractivity contribution in [1.82, 2.24) is 4.90 Å². The number of phenolic OH excluding ortho intramolecular Hbond substituents is 1. The number of hydrogen-bond acceptors (Lipinski definition) is 3. The topological polar surface area (TPSA) is 66.6 Å². The van der Waals surface area contributed by atoms with Crippen LogP contribution in [0, 0.1) is 0 Å².